The molecule has 2 heterocycles. The first kappa shape index (κ1) is 19.4. The van der Waals surface area contributed by atoms with Crippen LogP contribution in [0.3, 0.4) is 0 Å². The van der Waals surface area contributed by atoms with Crippen LogP contribution in [0.2, 0.25) is 0 Å². The number of fused-ring (bicyclic) bond motifs is 1. The van der Waals surface area contributed by atoms with Crippen LogP contribution in [-0.2, 0) is 0 Å². The van der Waals surface area contributed by atoms with Crippen molar-refractivity contribution in [3.63, 3.8) is 0 Å². The van der Waals surface area contributed by atoms with Crippen LogP contribution in [0.1, 0.15) is 27.2 Å². The van der Waals surface area contributed by atoms with E-state index in [4.69, 9.17) is 4.42 Å². The fraction of sp³-hybridized carbons (Fsp3) is 0.136. The number of hydrogen-bond donors (Lipinski definition) is 1. The maximum Gasteiger partial charge on any atom is 0.293 e. The molecule has 0 saturated heterocycles. The Morgan fingerprint density at radius 1 is 1.17 bits per heavy atom. The molecule has 5 nitrogen and oxygen atoms in total. The van der Waals surface area contributed by atoms with E-state index in [1.807, 2.05) is 50.2 Å². The van der Waals surface area contributed by atoms with Crippen molar-refractivity contribution >= 4 is 51.2 Å². The SMILES string of the molecule is Cc1ccc2oc(C(=O)Nc3nnc(SC/C=C/c4ccccc4)s3)c(C)c2c1. The molecule has 2 aromatic carbocycles. The Morgan fingerprint density at radius 2 is 2.00 bits per heavy atom. The molecule has 0 aliphatic carbocycles. The number of amides is 1. The van der Waals surface area contributed by atoms with E-state index in [1.165, 1.54) is 11.3 Å². The van der Waals surface area contributed by atoms with Crippen molar-refractivity contribution in [3.05, 3.63) is 77.1 Å². The van der Waals surface area contributed by atoms with Crippen molar-refractivity contribution in [1.29, 1.82) is 0 Å². The molecule has 0 radical (unpaired) electrons. The third-order valence-electron chi connectivity index (χ3n) is 4.34. The molecule has 0 saturated carbocycles. The van der Waals surface area contributed by atoms with Gasteiger partial charge in [0, 0.05) is 16.7 Å². The number of furan rings is 1. The lowest BCUT2D eigenvalue weighted by Gasteiger charge is -1.98. The zero-order valence-corrected chi connectivity index (χ0v) is 17.6. The molecule has 4 rings (SSSR count). The molecule has 2 aromatic heterocycles. The highest BCUT2D eigenvalue weighted by molar-refractivity contribution is 8.01. The first-order chi connectivity index (χ1) is 14.1. The van der Waals surface area contributed by atoms with Gasteiger partial charge in [0.15, 0.2) is 10.1 Å². The Kier molecular flexibility index (Phi) is 5.78. The molecule has 0 unspecified atom stereocenters. The fourth-order valence-corrected chi connectivity index (χ4v) is 4.47. The van der Waals surface area contributed by atoms with Crippen molar-refractivity contribution < 1.29 is 9.21 Å². The summed E-state index contributed by atoms with van der Waals surface area (Å²) < 4.78 is 6.55. The summed E-state index contributed by atoms with van der Waals surface area (Å²) >= 11 is 2.93. The molecule has 0 aliphatic heterocycles. The molecule has 1 amide bonds. The number of anilines is 1. The highest BCUT2D eigenvalue weighted by atomic mass is 32.2. The highest BCUT2D eigenvalue weighted by Crippen LogP contribution is 2.29. The van der Waals surface area contributed by atoms with Gasteiger partial charge in [0.05, 0.1) is 0 Å². The molecule has 1 N–H and O–H groups in total. The van der Waals surface area contributed by atoms with Crippen molar-refractivity contribution in [2.24, 2.45) is 0 Å². The lowest BCUT2D eigenvalue weighted by molar-refractivity contribution is 0.0998. The summed E-state index contributed by atoms with van der Waals surface area (Å²) in [6.07, 6.45) is 4.15. The summed E-state index contributed by atoms with van der Waals surface area (Å²) in [5.41, 5.74) is 3.82. The maximum absolute atomic E-state index is 12.6. The molecule has 0 spiro atoms. The van der Waals surface area contributed by atoms with Crippen LogP contribution in [0.4, 0.5) is 5.13 Å². The van der Waals surface area contributed by atoms with E-state index in [1.54, 1.807) is 11.8 Å². The minimum Gasteiger partial charge on any atom is -0.451 e. The number of nitrogens with one attached hydrogen (secondary N) is 1. The minimum absolute atomic E-state index is 0.306. The Morgan fingerprint density at radius 3 is 2.83 bits per heavy atom. The number of aromatic nitrogens is 2. The Bertz CT molecular complexity index is 1180. The van der Waals surface area contributed by atoms with Gasteiger partial charge in [0.25, 0.3) is 5.91 Å². The van der Waals surface area contributed by atoms with Crippen LogP contribution in [-0.4, -0.2) is 21.9 Å². The van der Waals surface area contributed by atoms with Gasteiger partial charge in [-0.3, -0.25) is 10.1 Å². The van der Waals surface area contributed by atoms with E-state index >= 15 is 0 Å². The number of nitrogens with zero attached hydrogens (tertiary/aromatic N) is 2. The third kappa shape index (κ3) is 4.58. The second kappa shape index (κ2) is 8.63. The summed E-state index contributed by atoms with van der Waals surface area (Å²) in [5.74, 6) is 0.772. The highest BCUT2D eigenvalue weighted by Gasteiger charge is 2.19. The van der Waals surface area contributed by atoms with Gasteiger partial charge in [-0.1, -0.05) is 77.2 Å². The lowest BCUT2D eigenvalue weighted by Crippen LogP contribution is -2.11. The first-order valence-electron chi connectivity index (χ1n) is 9.09. The zero-order valence-electron chi connectivity index (χ0n) is 16.0. The van der Waals surface area contributed by atoms with Crippen LogP contribution in [0.5, 0.6) is 0 Å². The van der Waals surface area contributed by atoms with E-state index in [2.05, 4.69) is 39.8 Å². The lowest BCUT2D eigenvalue weighted by atomic mass is 10.1. The van der Waals surface area contributed by atoms with Gasteiger partial charge in [-0.15, -0.1) is 10.2 Å². The normalized spacial score (nSPS) is 11.4. The van der Waals surface area contributed by atoms with E-state index in [0.29, 0.717) is 16.5 Å². The minimum atomic E-state index is -0.312. The molecule has 146 valence electrons. The molecular formula is C22H19N3O2S2. The Hall–Kier alpha value is -2.90. The summed E-state index contributed by atoms with van der Waals surface area (Å²) in [7, 11) is 0. The van der Waals surface area contributed by atoms with Crippen molar-refractivity contribution in [2.45, 2.75) is 18.2 Å². The molecule has 29 heavy (non-hydrogen) atoms. The van der Waals surface area contributed by atoms with Gasteiger partial charge in [-0.25, -0.2) is 0 Å². The molecule has 4 aromatic rings. The van der Waals surface area contributed by atoms with Crippen LogP contribution in [0, 0.1) is 13.8 Å². The molecule has 0 aliphatic rings. The molecule has 0 atom stereocenters. The summed E-state index contributed by atoms with van der Waals surface area (Å²) in [5, 5.41) is 12.4. The first-order valence-corrected chi connectivity index (χ1v) is 10.9. The van der Waals surface area contributed by atoms with Crippen molar-refractivity contribution in [1.82, 2.24) is 10.2 Å². The number of thioether (sulfide) groups is 1. The molecule has 0 bridgehead atoms. The van der Waals surface area contributed by atoms with E-state index < -0.39 is 0 Å². The van der Waals surface area contributed by atoms with Gasteiger partial charge < -0.3 is 4.42 Å². The van der Waals surface area contributed by atoms with Crippen LogP contribution in [0.25, 0.3) is 17.0 Å². The van der Waals surface area contributed by atoms with E-state index in [-0.39, 0.29) is 5.91 Å². The zero-order chi connectivity index (χ0) is 20.2. The third-order valence-corrected chi connectivity index (χ3v) is 6.26. The second-order valence-electron chi connectivity index (χ2n) is 6.51. The number of benzene rings is 2. The van der Waals surface area contributed by atoms with E-state index in [0.717, 1.165) is 32.2 Å². The quantitative estimate of drug-likeness (QED) is 0.307. The largest absolute Gasteiger partial charge is 0.451 e. The Balaban J connectivity index is 1.38. The predicted molar refractivity (Wildman–Crippen MR) is 120 cm³/mol. The molecular weight excluding hydrogens is 402 g/mol. The van der Waals surface area contributed by atoms with Gasteiger partial charge in [-0.2, -0.15) is 0 Å². The van der Waals surface area contributed by atoms with Crippen LogP contribution < -0.4 is 5.32 Å². The standard InChI is InChI=1S/C22H19N3O2S2/c1-14-10-11-18-17(13-14)15(2)19(27-18)20(26)23-21-24-25-22(29-21)28-12-6-9-16-7-4-3-5-8-16/h3-11,13H,12H2,1-2H3,(H,23,24,26)/b9-6+. The predicted octanol–water partition coefficient (Wildman–Crippen LogP) is 5.96. The van der Waals surface area contributed by atoms with Crippen LogP contribution >= 0.6 is 23.1 Å². The number of hydrogen-bond acceptors (Lipinski definition) is 6. The van der Waals surface area contributed by atoms with Crippen molar-refractivity contribution in [3.8, 4) is 0 Å². The summed E-state index contributed by atoms with van der Waals surface area (Å²) in [6.45, 7) is 3.90. The van der Waals surface area contributed by atoms with Crippen molar-refractivity contribution in [2.75, 3.05) is 11.1 Å². The fourth-order valence-electron chi connectivity index (χ4n) is 2.89. The van der Waals surface area contributed by atoms with E-state index in [9.17, 15) is 4.79 Å². The monoisotopic (exact) mass is 421 g/mol. The number of rotatable bonds is 6. The maximum atomic E-state index is 12.6. The smallest absolute Gasteiger partial charge is 0.293 e. The van der Waals surface area contributed by atoms with Gasteiger partial charge in [0.2, 0.25) is 5.13 Å². The topological polar surface area (TPSA) is 68.0 Å². The Labute approximate surface area is 176 Å². The summed E-state index contributed by atoms with van der Waals surface area (Å²) in [4.78, 5) is 12.6. The van der Waals surface area contributed by atoms with Gasteiger partial charge >= 0.3 is 0 Å². The molecule has 7 heteroatoms. The molecule has 0 fully saturated rings. The number of carbonyl (C=O) groups excluding carboxylic acids is 1. The average Bonchev–Trinajstić information content (AvgIpc) is 3.30. The van der Waals surface area contributed by atoms with Gasteiger partial charge in [0.1, 0.15) is 5.58 Å². The average molecular weight is 422 g/mol. The van der Waals surface area contributed by atoms with Crippen LogP contribution in [0.15, 0.2) is 63.4 Å². The number of aryl methyl sites for hydroxylation is 2. The number of carbonyl (C=O) groups is 1. The second-order valence-corrected chi connectivity index (χ2v) is 8.75. The van der Waals surface area contributed by atoms with Gasteiger partial charge in [-0.05, 0) is 31.5 Å². The summed E-state index contributed by atoms with van der Waals surface area (Å²) in [6, 6.07) is 16.0.